The Balaban J connectivity index is 2.60. The summed E-state index contributed by atoms with van der Waals surface area (Å²) in [5.74, 6) is 1.06. The van der Waals surface area contributed by atoms with Crippen LogP contribution in [0, 0.1) is 5.92 Å². The number of hydrogen-bond donors (Lipinski definition) is 2. The van der Waals surface area contributed by atoms with Gasteiger partial charge in [0.1, 0.15) is 10.7 Å². The molecule has 0 atom stereocenters. The maximum Gasteiger partial charge on any atom is 0.244 e. The van der Waals surface area contributed by atoms with E-state index in [0.29, 0.717) is 24.8 Å². The lowest BCUT2D eigenvalue weighted by Gasteiger charge is -2.11. The van der Waals surface area contributed by atoms with Gasteiger partial charge in [-0.2, -0.15) is 0 Å². The zero-order chi connectivity index (χ0) is 15.0. The molecular weight excluding hydrogens is 274 g/mol. The molecule has 0 aliphatic heterocycles. The van der Waals surface area contributed by atoms with Gasteiger partial charge >= 0.3 is 0 Å². The summed E-state index contributed by atoms with van der Waals surface area (Å²) in [6.45, 7) is 7.35. The van der Waals surface area contributed by atoms with Crippen LogP contribution in [0.4, 0.5) is 5.82 Å². The van der Waals surface area contributed by atoms with E-state index in [9.17, 15) is 8.42 Å². The molecule has 0 aliphatic rings. The molecule has 0 saturated heterocycles. The van der Waals surface area contributed by atoms with E-state index in [-0.39, 0.29) is 4.90 Å². The second-order valence-corrected chi connectivity index (χ2v) is 6.90. The maximum atomic E-state index is 12.2. The summed E-state index contributed by atoms with van der Waals surface area (Å²) in [6.07, 6.45) is 4.60. The van der Waals surface area contributed by atoms with Crippen molar-refractivity contribution in [1.82, 2.24) is 9.71 Å². The van der Waals surface area contributed by atoms with Crippen LogP contribution in [0.2, 0.25) is 0 Å². The number of nitrogens with one attached hydrogen (secondary N) is 2. The van der Waals surface area contributed by atoms with Crippen LogP contribution in [0.25, 0.3) is 0 Å². The van der Waals surface area contributed by atoms with Crippen molar-refractivity contribution >= 4 is 15.8 Å². The van der Waals surface area contributed by atoms with Crippen molar-refractivity contribution in [2.24, 2.45) is 5.92 Å². The quantitative estimate of drug-likeness (QED) is 0.688. The molecule has 1 aromatic heterocycles. The van der Waals surface area contributed by atoms with Gasteiger partial charge in [0.2, 0.25) is 10.0 Å². The van der Waals surface area contributed by atoms with Gasteiger partial charge in [-0.05, 0) is 31.4 Å². The zero-order valence-corrected chi connectivity index (χ0v) is 13.3. The lowest BCUT2D eigenvalue weighted by molar-refractivity contribution is 0.530. The van der Waals surface area contributed by atoms with Gasteiger partial charge in [-0.1, -0.05) is 26.7 Å². The Kier molecular flexibility index (Phi) is 6.95. The Morgan fingerprint density at radius 1 is 1.30 bits per heavy atom. The minimum Gasteiger partial charge on any atom is -0.369 e. The molecule has 0 aliphatic carbocycles. The number of sulfonamides is 1. The standard InChI is InChI=1S/C14H25N3O2S/c1-4-15-14-13(9-7-10-16-14)20(18,19)17-11-6-5-8-12(2)3/h7,9-10,12,17H,4-6,8,11H2,1-3H3,(H,15,16). The Labute approximate surface area is 122 Å². The van der Waals surface area contributed by atoms with E-state index in [1.807, 2.05) is 6.92 Å². The van der Waals surface area contributed by atoms with Crippen molar-refractivity contribution in [3.63, 3.8) is 0 Å². The lowest BCUT2D eigenvalue weighted by Crippen LogP contribution is -2.26. The maximum absolute atomic E-state index is 12.2. The summed E-state index contributed by atoms with van der Waals surface area (Å²) in [6, 6.07) is 3.20. The topological polar surface area (TPSA) is 71.1 Å². The van der Waals surface area contributed by atoms with Gasteiger partial charge in [-0.3, -0.25) is 0 Å². The minimum atomic E-state index is -3.49. The highest BCUT2D eigenvalue weighted by atomic mass is 32.2. The third-order valence-electron chi connectivity index (χ3n) is 2.90. The molecular formula is C14H25N3O2S. The molecule has 0 fully saturated rings. The van der Waals surface area contributed by atoms with Crippen LogP contribution in [0.5, 0.6) is 0 Å². The molecule has 2 N–H and O–H groups in total. The van der Waals surface area contributed by atoms with Crippen molar-refractivity contribution in [2.75, 3.05) is 18.4 Å². The van der Waals surface area contributed by atoms with Crippen molar-refractivity contribution in [1.29, 1.82) is 0 Å². The van der Waals surface area contributed by atoms with Gasteiger partial charge in [0.05, 0.1) is 0 Å². The summed E-state index contributed by atoms with van der Waals surface area (Å²) < 4.78 is 27.1. The number of aromatic nitrogens is 1. The van der Waals surface area contributed by atoms with Crippen molar-refractivity contribution in [3.8, 4) is 0 Å². The van der Waals surface area contributed by atoms with Crippen LogP contribution in [-0.4, -0.2) is 26.5 Å². The van der Waals surface area contributed by atoms with Crippen molar-refractivity contribution in [3.05, 3.63) is 18.3 Å². The molecule has 0 amide bonds. The molecule has 1 aromatic rings. The number of nitrogens with zero attached hydrogens (tertiary/aromatic N) is 1. The van der Waals surface area contributed by atoms with Gasteiger partial charge in [-0.25, -0.2) is 18.1 Å². The van der Waals surface area contributed by atoms with E-state index in [1.165, 1.54) is 0 Å². The number of pyridine rings is 1. The summed E-state index contributed by atoms with van der Waals surface area (Å²) >= 11 is 0. The molecule has 0 spiro atoms. The molecule has 0 aromatic carbocycles. The first-order valence-electron chi connectivity index (χ1n) is 7.16. The monoisotopic (exact) mass is 299 g/mol. The van der Waals surface area contributed by atoms with Crippen molar-refractivity contribution in [2.45, 2.75) is 44.9 Å². The highest BCUT2D eigenvalue weighted by molar-refractivity contribution is 7.89. The Bertz CT molecular complexity index is 501. The van der Waals surface area contributed by atoms with Crippen molar-refractivity contribution < 1.29 is 8.42 Å². The first kappa shape index (κ1) is 16.9. The third-order valence-corrected chi connectivity index (χ3v) is 4.40. The highest BCUT2D eigenvalue weighted by Gasteiger charge is 2.18. The normalized spacial score (nSPS) is 11.8. The van der Waals surface area contributed by atoms with Gasteiger partial charge in [0.25, 0.3) is 0 Å². The molecule has 0 radical (unpaired) electrons. The molecule has 0 saturated carbocycles. The van der Waals surface area contributed by atoms with Gasteiger partial charge in [0.15, 0.2) is 0 Å². The number of hydrogen-bond acceptors (Lipinski definition) is 4. The molecule has 20 heavy (non-hydrogen) atoms. The summed E-state index contributed by atoms with van der Waals surface area (Å²) in [5, 5.41) is 2.97. The molecule has 0 bridgehead atoms. The smallest absolute Gasteiger partial charge is 0.244 e. The minimum absolute atomic E-state index is 0.214. The molecule has 114 valence electrons. The molecule has 6 heteroatoms. The van der Waals surface area contributed by atoms with E-state index in [4.69, 9.17) is 0 Å². The largest absolute Gasteiger partial charge is 0.369 e. The van der Waals surface area contributed by atoms with E-state index in [0.717, 1.165) is 19.3 Å². The fourth-order valence-corrected chi connectivity index (χ4v) is 3.08. The van der Waals surface area contributed by atoms with Crippen LogP contribution >= 0.6 is 0 Å². The van der Waals surface area contributed by atoms with Gasteiger partial charge in [0, 0.05) is 19.3 Å². The second kappa shape index (κ2) is 8.21. The fourth-order valence-electron chi connectivity index (χ4n) is 1.87. The Morgan fingerprint density at radius 3 is 2.70 bits per heavy atom. The third kappa shape index (κ3) is 5.46. The zero-order valence-electron chi connectivity index (χ0n) is 12.5. The van der Waals surface area contributed by atoms with Crippen LogP contribution in [0.1, 0.15) is 40.0 Å². The molecule has 0 unspecified atom stereocenters. The predicted molar refractivity (Wildman–Crippen MR) is 82.3 cm³/mol. The first-order valence-corrected chi connectivity index (χ1v) is 8.64. The van der Waals surface area contributed by atoms with E-state index < -0.39 is 10.0 Å². The predicted octanol–water partition coefficient (Wildman–Crippen LogP) is 2.62. The van der Waals surface area contributed by atoms with Crippen LogP contribution in [0.3, 0.4) is 0 Å². The van der Waals surface area contributed by atoms with E-state index in [2.05, 4.69) is 28.9 Å². The van der Waals surface area contributed by atoms with Gasteiger partial charge < -0.3 is 5.32 Å². The van der Waals surface area contributed by atoms with E-state index in [1.54, 1.807) is 18.3 Å². The van der Waals surface area contributed by atoms with Gasteiger partial charge in [-0.15, -0.1) is 0 Å². The molecule has 5 nitrogen and oxygen atoms in total. The fraction of sp³-hybridized carbons (Fsp3) is 0.643. The number of anilines is 1. The summed E-state index contributed by atoms with van der Waals surface area (Å²) in [4.78, 5) is 4.29. The Hall–Kier alpha value is -1.14. The average molecular weight is 299 g/mol. The number of unbranched alkanes of at least 4 members (excludes halogenated alkanes) is 1. The van der Waals surface area contributed by atoms with E-state index >= 15 is 0 Å². The number of rotatable bonds is 9. The van der Waals surface area contributed by atoms with Crippen LogP contribution < -0.4 is 10.0 Å². The molecule has 1 heterocycles. The average Bonchev–Trinajstić information content (AvgIpc) is 2.38. The SMILES string of the molecule is CCNc1ncccc1S(=O)(=O)NCCCCC(C)C. The summed E-state index contributed by atoms with van der Waals surface area (Å²) in [5.41, 5.74) is 0. The lowest BCUT2D eigenvalue weighted by atomic mass is 10.1. The van der Waals surface area contributed by atoms with Crippen LogP contribution in [0.15, 0.2) is 23.2 Å². The summed E-state index contributed by atoms with van der Waals surface area (Å²) in [7, 11) is -3.49. The van der Waals surface area contributed by atoms with Crippen LogP contribution in [-0.2, 0) is 10.0 Å². The second-order valence-electron chi connectivity index (χ2n) is 5.17. The molecule has 1 rings (SSSR count). The Morgan fingerprint density at radius 2 is 2.05 bits per heavy atom. The highest BCUT2D eigenvalue weighted by Crippen LogP contribution is 2.17. The first-order chi connectivity index (χ1) is 9.47.